The number of benzene rings is 1. The SMILES string of the molecule is COC(=O)c1ccccc1C(=O)O.[Cu]. The Morgan fingerprint density at radius 1 is 1.21 bits per heavy atom. The third-order valence-electron chi connectivity index (χ3n) is 1.56. The minimum Gasteiger partial charge on any atom is -0.478 e. The number of ether oxygens (including phenoxy) is 1. The molecule has 0 aliphatic heterocycles. The maximum absolute atomic E-state index is 11.1. The zero-order valence-corrected chi connectivity index (χ0v) is 8.22. The number of hydrogen-bond acceptors (Lipinski definition) is 3. The first kappa shape index (κ1) is 12.7. The number of carboxylic acid groups (broad SMARTS) is 1. The molecule has 0 aliphatic carbocycles. The summed E-state index contributed by atoms with van der Waals surface area (Å²) in [5.74, 6) is -1.78. The van der Waals surface area contributed by atoms with Gasteiger partial charge in [-0.1, -0.05) is 12.1 Å². The predicted molar refractivity (Wildman–Crippen MR) is 44.7 cm³/mol. The monoisotopic (exact) mass is 243 g/mol. The van der Waals surface area contributed by atoms with Crippen LogP contribution in [0.1, 0.15) is 20.7 Å². The number of carbonyl (C=O) groups excluding carboxylic acids is 1. The predicted octanol–water partition coefficient (Wildman–Crippen LogP) is 1.17. The van der Waals surface area contributed by atoms with Gasteiger partial charge in [0.05, 0.1) is 18.2 Å². The Morgan fingerprint density at radius 2 is 1.71 bits per heavy atom. The molecule has 0 amide bonds. The third-order valence-corrected chi connectivity index (χ3v) is 1.56. The molecule has 1 aromatic carbocycles. The number of aromatic carboxylic acids is 1. The molecule has 1 radical (unpaired) electrons. The molecule has 1 N–H and O–H groups in total. The summed E-state index contributed by atoms with van der Waals surface area (Å²) in [6.45, 7) is 0. The first-order valence-corrected chi connectivity index (χ1v) is 3.57. The number of methoxy groups -OCH3 is 1. The summed E-state index contributed by atoms with van der Waals surface area (Å²) < 4.78 is 4.42. The van der Waals surface area contributed by atoms with Gasteiger partial charge in [-0.15, -0.1) is 0 Å². The standard InChI is InChI=1S/C9H8O4.Cu/c1-13-9(12)7-5-3-2-4-6(7)8(10)11;/h2-5H,1H3,(H,10,11);. The Morgan fingerprint density at radius 3 is 2.14 bits per heavy atom. The molecule has 1 rings (SSSR count). The Bertz CT molecular complexity index is 348. The van der Waals surface area contributed by atoms with Crippen LogP contribution in [-0.4, -0.2) is 24.2 Å². The van der Waals surface area contributed by atoms with Gasteiger partial charge in [0.1, 0.15) is 0 Å². The van der Waals surface area contributed by atoms with Crippen molar-refractivity contribution in [3.8, 4) is 0 Å². The van der Waals surface area contributed by atoms with E-state index in [4.69, 9.17) is 5.11 Å². The van der Waals surface area contributed by atoms with E-state index in [0.29, 0.717) is 0 Å². The van der Waals surface area contributed by atoms with Gasteiger partial charge in [-0.2, -0.15) is 0 Å². The van der Waals surface area contributed by atoms with Crippen LogP contribution in [0.2, 0.25) is 0 Å². The maximum Gasteiger partial charge on any atom is 0.338 e. The number of carboxylic acids is 1. The summed E-state index contributed by atoms with van der Waals surface area (Å²) in [6.07, 6.45) is 0. The van der Waals surface area contributed by atoms with Crippen molar-refractivity contribution >= 4 is 11.9 Å². The number of carbonyl (C=O) groups is 2. The van der Waals surface area contributed by atoms with Crippen molar-refractivity contribution in [2.75, 3.05) is 7.11 Å². The van der Waals surface area contributed by atoms with Crippen molar-refractivity contribution in [1.29, 1.82) is 0 Å². The average Bonchev–Trinajstić information content (AvgIpc) is 2.16. The van der Waals surface area contributed by atoms with Crippen molar-refractivity contribution < 1.29 is 36.5 Å². The topological polar surface area (TPSA) is 63.6 Å². The summed E-state index contributed by atoms with van der Waals surface area (Å²) in [4.78, 5) is 21.7. The molecule has 0 saturated heterocycles. The fraction of sp³-hybridized carbons (Fsp3) is 0.111. The molecular formula is C9H8CuO4. The van der Waals surface area contributed by atoms with Gasteiger partial charge in [0.2, 0.25) is 0 Å². The second-order valence-corrected chi connectivity index (χ2v) is 2.34. The molecule has 14 heavy (non-hydrogen) atoms. The van der Waals surface area contributed by atoms with Gasteiger partial charge >= 0.3 is 11.9 Å². The molecule has 0 heterocycles. The van der Waals surface area contributed by atoms with Crippen LogP contribution in [0.3, 0.4) is 0 Å². The third kappa shape index (κ3) is 2.58. The number of esters is 1. The van der Waals surface area contributed by atoms with E-state index >= 15 is 0 Å². The zero-order valence-electron chi connectivity index (χ0n) is 7.28. The second-order valence-electron chi connectivity index (χ2n) is 2.34. The van der Waals surface area contributed by atoms with Crippen LogP contribution >= 0.6 is 0 Å². The smallest absolute Gasteiger partial charge is 0.338 e. The van der Waals surface area contributed by atoms with Gasteiger partial charge in [0.25, 0.3) is 0 Å². The molecule has 0 atom stereocenters. The van der Waals surface area contributed by atoms with Gasteiger partial charge in [-0.05, 0) is 12.1 Å². The van der Waals surface area contributed by atoms with Crippen LogP contribution < -0.4 is 0 Å². The van der Waals surface area contributed by atoms with Crippen molar-refractivity contribution in [1.82, 2.24) is 0 Å². The van der Waals surface area contributed by atoms with E-state index in [-0.39, 0.29) is 28.2 Å². The minimum atomic E-state index is -1.14. The molecule has 4 nitrogen and oxygen atoms in total. The van der Waals surface area contributed by atoms with Crippen molar-refractivity contribution in [2.45, 2.75) is 0 Å². The molecule has 0 fully saturated rings. The zero-order chi connectivity index (χ0) is 9.84. The summed E-state index contributed by atoms with van der Waals surface area (Å²) in [7, 11) is 1.21. The molecule has 0 aliphatic rings. The van der Waals surface area contributed by atoms with E-state index in [1.165, 1.54) is 19.2 Å². The van der Waals surface area contributed by atoms with Gasteiger partial charge in [0.15, 0.2) is 0 Å². The maximum atomic E-state index is 11.1. The van der Waals surface area contributed by atoms with Crippen molar-refractivity contribution in [3.05, 3.63) is 35.4 Å². The van der Waals surface area contributed by atoms with Gasteiger partial charge in [0, 0.05) is 17.1 Å². The molecule has 0 bridgehead atoms. The van der Waals surface area contributed by atoms with Crippen LogP contribution in [0.4, 0.5) is 0 Å². The Kier molecular flexibility index (Phi) is 4.91. The molecule has 1 aromatic rings. The van der Waals surface area contributed by atoms with E-state index in [1.807, 2.05) is 0 Å². The van der Waals surface area contributed by atoms with E-state index in [9.17, 15) is 9.59 Å². The van der Waals surface area contributed by atoms with Crippen LogP contribution in [0.15, 0.2) is 24.3 Å². The van der Waals surface area contributed by atoms with Crippen LogP contribution in [-0.2, 0) is 21.8 Å². The number of rotatable bonds is 2. The Hall–Kier alpha value is -1.32. The van der Waals surface area contributed by atoms with Crippen molar-refractivity contribution in [3.63, 3.8) is 0 Å². The first-order valence-electron chi connectivity index (χ1n) is 3.57. The molecule has 0 spiro atoms. The van der Waals surface area contributed by atoms with Crippen LogP contribution in [0.25, 0.3) is 0 Å². The molecular weight excluding hydrogens is 236 g/mol. The largest absolute Gasteiger partial charge is 0.478 e. The first-order chi connectivity index (χ1) is 6.16. The van der Waals surface area contributed by atoms with Gasteiger partial charge in [-0.3, -0.25) is 0 Å². The summed E-state index contributed by atoms with van der Waals surface area (Å²) in [5, 5.41) is 8.70. The van der Waals surface area contributed by atoms with Gasteiger partial charge in [-0.25, -0.2) is 9.59 Å². The summed E-state index contributed by atoms with van der Waals surface area (Å²) in [6, 6.07) is 5.90. The summed E-state index contributed by atoms with van der Waals surface area (Å²) in [5.41, 5.74) is 0.0202. The van der Waals surface area contributed by atoms with E-state index in [1.54, 1.807) is 12.1 Å². The Labute approximate surface area is 91.4 Å². The quantitative estimate of drug-likeness (QED) is 0.626. The van der Waals surface area contributed by atoms with Crippen LogP contribution in [0, 0.1) is 0 Å². The van der Waals surface area contributed by atoms with Crippen LogP contribution in [0.5, 0.6) is 0 Å². The fourth-order valence-corrected chi connectivity index (χ4v) is 0.958. The molecule has 0 saturated carbocycles. The molecule has 0 aromatic heterocycles. The van der Waals surface area contributed by atoms with E-state index in [2.05, 4.69) is 4.74 Å². The Balaban J connectivity index is 0.00000169. The molecule has 5 heteroatoms. The van der Waals surface area contributed by atoms with E-state index < -0.39 is 11.9 Å². The average molecular weight is 244 g/mol. The summed E-state index contributed by atoms with van der Waals surface area (Å²) >= 11 is 0. The second kappa shape index (κ2) is 5.42. The van der Waals surface area contributed by atoms with Gasteiger partial charge < -0.3 is 9.84 Å². The molecule has 79 valence electrons. The molecule has 0 unspecified atom stereocenters. The minimum absolute atomic E-state index is 0. The van der Waals surface area contributed by atoms with E-state index in [0.717, 1.165) is 0 Å². The number of hydrogen-bond donors (Lipinski definition) is 1. The fourth-order valence-electron chi connectivity index (χ4n) is 0.958. The van der Waals surface area contributed by atoms with Crippen molar-refractivity contribution in [2.24, 2.45) is 0 Å². The normalized spacial score (nSPS) is 8.64.